The molecule has 0 aliphatic carbocycles. The molecule has 1 saturated heterocycles. The number of nitrogens with one attached hydrogen (secondary N) is 1. The molecule has 1 amide bonds. The van der Waals surface area contributed by atoms with Gasteiger partial charge in [-0.15, -0.1) is 0 Å². The van der Waals surface area contributed by atoms with Crippen LogP contribution in [-0.4, -0.2) is 43.8 Å². The number of piperidine rings is 1. The SMILES string of the molecule is C=C(C)C(=O)N1CCCC(Cc2cc(Nc3cnccn3)ncn2)C1. The first-order valence-corrected chi connectivity index (χ1v) is 8.40. The zero-order valence-corrected chi connectivity index (χ0v) is 14.4. The number of carbonyl (C=O) groups is 1. The molecule has 1 aliphatic rings. The highest BCUT2D eigenvalue weighted by atomic mass is 16.2. The van der Waals surface area contributed by atoms with Crippen LogP contribution in [0.15, 0.2) is 43.1 Å². The quantitative estimate of drug-likeness (QED) is 0.843. The van der Waals surface area contributed by atoms with E-state index < -0.39 is 0 Å². The van der Waals surface area contributed by atoms with Gasteiger partial charge in [-0.1, -0.05) is 6.58 Å². The van der Waals surface area contributed by atoms with Crippen LogP contribution in [0.5, 0.6) is 0 Å². The molecule has 0 aromatic carbocycles. The van der Waals surface area contributed by atoms with E-state index in [-0.39, 0.29) is 5.91 Å². The van der Waals surface area contributed by atoms with E-state index in [4.69, 9.17) is 0 Å². The summed E-state index contributed by atoms with van der Waals surface area (Å²) in [7, 11) is 0. The Labute approximate surface area is 147 Å². The Kier molecular flexibility index (Phi) is 5.33. The summed E-state index contributed by atoms with van der Waals surface area (Å²) >= 11 is 0. The molecule has 3 rings (SSSR count). The number of hydrogen-bond donors (Lipinski definition) is 1. The Hall–Kier alpha value is -2.83. The minimum absolute atomic E-state index is 0.0531. The van der Waals surface area contributed by atoms with Crippen molar-refractivity contribution in [3.05, 3.63) is 48.8 Å². The zero-order valence-electron chi connectivity index (χ0n) is 14.4. The number of rotatable bonds is 5. The maximum absolute atomic E-state index is 12.1. The second kappa shape index (κ2) is 7.83. The number of carbonyl (C=O) groups excluding carboxylic acids is 1. The maximum Gasteiger partial charge on any atom is 0.248 e. The van der Waals surface area contributed by atoms with Gasteiger partial charge in [0.2, 0.25) is 5.91 Å². The highest BCUT2D eigenvalue weighted by Gasteiger charge is 2.24. The van der Waals surface area contributed by atoms with Gasteiger partial charge in [-0.3, -0.25) is 9.78 Å². The van der Waals surface area contributed by atoms with Crippen molar-refractivity contribution in [3.63, 3.8) is 0 Å². The van der Waals surface area contributed by atoms with Gasteiger partial charge >= 0.3 is 0 Å². The molecule has 130 valence electrons. The van der Waals surface area contributed by atoms with Crippen molar-refractivity contribution in [2.24, 2.45) is 5.92 Å². The second-order valence-electron chi connectivity index (χ2n) is 6.35. The Balaban J connectivity index is 1.63. The summed E-state index contributed by atoms with van der Waals surface area (Å²) < 4.78 is 0. The van der Waals surface area contributed by atoms with E-state index in [2.05, 4.69) is 31.8 Å². The normalized spacial score (nSPS) is 17.2. The fourth-order valence-electron chi connectivity index (χ4n) is 3.05. The first kappa shape index (κ1) is 17.0. The molecule has 0 bridgehead atoms. The topological polar surface area (TPSA) is 83.9 Å². The van der Waals surface area contributed by atoms with Crippen LogP contribution in [0.1, 0.15) is 25.5 Å². The number of hydrogen-bond acceptors (Lipinski definition) is 6. The van der Waals surface area contributed by atoms with E-state index in [1.807, 2.05) is 11.0 Å². The summed E-state index contributed by atoms with van der Waals surface area (Å²) in [5, 5.41) is 3.12. The van der Waals surface area contributed by atoms with E-state index in [9.17, 15) is 4.79 Å². The Morgan fingerprint density at radius 2 is 2.20 bits per heavy atom. The van der Waals surface area contributed by atoms with E-state index >= 15 is 0 Å². The number of anilines is 2. The summed E-state index contributed by atoms with van der Waals surface area (Å²) in [5.74, 6) is 1.79. The third-order valence-corrected chi connectivity index (χ3v) is 4.21. The molecule has 1 N–H and O–H groups in total. The fourth-order valence-corrected chi connectivity index (χ4v) is 3.05. The van der Waals surface area contributed by atoms with Crippen LogP contribution in [0.25, 0.3) is 0 Å². The molecule has 2 aromatic rings. The first-order valence-electron chi connectivity index (χ1n) is 8.40. The molecule has 25 heavy (non-hydrogen) atoms. The van der Waals surface area contributed by atoms with Crippen LogP contribution >= 0.6 is 0 Å². The van der Waals surface area contributed by atoms with Crippen LogP contribution in [0.2, 0.25) is 0 Å². The summed E-state index contributed by atoms with van der Waals surface area (Å²) in [5.41, 5.74) is 1.55. The maximum atomic E-state index is 12.1. The van der Waals surface area contributed by atoms with Gasteiger partial charge in [0.15, 0.2) is 0 Å². The van der Waals surface area contributed by atoms with E-state index in [0.717, 1.165) is 38.0 Å². The Morgan fingerprint density at radius 1 is 1.32 bits per heavy atom. The smallest absolute Gasteiger partial charge is 0.248 e. The average molecular weight is 338 g/mol. The molecule has 7 nitrogen and oxygen atoms in total. The van der Waals surface area contributed by atoms with Gasteiger partial charge in [0.25, 0.3) is 0 Å². The monoisotopic (exact) mass is 338 g/mol. The number of nitrogens with zero attached hydrogens (tertiary/aromatic N) is 5. The number of amides is 1. The Bertz CT molecular complexity index is 748. The zero-order chi connectivity index (χ0) is 17.6. The standard InChI is InChI=1S/C18H22N6O/c1-13(2)18(25)24-7-3-4-14(11-24)8-15-9-16(22-12-21-15)23-17-10-19-5-6-20-17/h5-6,9-10,12,14H,1,3-4,7-8,11H2,2H3,(H,20,21,22,23). The molecular weight excluding hydrogens is 316 g/mol. The summed E-state index contributed by atoms with van der Waals surface area (Å²) in [6.07, 6.45) is 9.36. The van der Waals surface area contributed by atoms with Crippen LogP contribution in [0.3, 0.4) is 0 Å². The minimum atomic E-state index is 0.0531. The molecular formula is C18H22N6O. The summed E-state index contributed by atoms with van der Waals surface area (Å²) in [6, 6.07) is 1.92. The molecule has 1 unspecified atom stereocenters. The predicted octanol–water partition coefficient (Wildman–Crippen LogP) is 2.37. The van der Waals surface area contributed by atoms with Gasteiger partial charge in [0, 0.05) is 42.8 Å². The Morgan fingerprint density at radius 3 is 2.96 bits per heavy atom. The number of likely N-dealkylation sites (tertiary alicyclic amines) is 1. The number of aromatic nitrogens is 4. The van der Waals surface area contributed by atoms with Gasteiger partial charge in [0.05, 0.1) is 6.20 Å². The van der Waals surface area contributed by atoms with Gasteiger partial charge in [-0.2, -0.15) is 0 Å². The van der Waals surface area contributed by atoms with Gasteiger partial charge in [-0.25, -0.2) is 15.0 Å². The van der Waals surface area contributed by atoms with Gasteiger partial charge < -0.3 is 10.2 Å². The molecule has 2 aromatic heterocycles. The predicted molar refractivity (Wildman–Crippen MR) is 95.2 cm³/mol. The molecule has 0 spiro atoms. The van der Waals surface area contributed by atoms with E-state index in [0.29, 0.717) is 23.1 Å². The lowest BCUT2D eigenvalue weighted by molar-refractivity contribution is -0.128. The van der Waals surface area contributed by atoms with Gasteiger partial charge in [-0.05, 0) is 32.1 Å². The molecule has 3 heterocycles. The lowest BCUT2D eigenvalue weighted by Crippen LogP contribution is -2.40. The van der Waals surface area contributed by atoms with Crippen molar-refractivity contribution >= 4 is 17.5 Å². The fraction of sp³-hybridized carbons (Fsp3) is 0.389. The highest BCUT2D eigenvalue weighted by Crippen LogP contribution is 2.22. The second-order valence-corrected chi connectivity index (χ2v) is 6.35. The average Bonchev–Trinajstić information content (AvgIpc) is 2.62. The van der Waals surface area contributed by atoms with Crippen molar-refractivity contribution in [2.45, 2.75) is 26.2 Å². The first-order chi connectivity index (χ1) is 12.1. The van der Waals surface area contributed by atoms with Crippen molar-refractivity contribution in [1.82, 2.24) is 24.8 Å². The largest absolute Gasteiger partial charge is 0.339 e. The molecule has 1 aliphatic heterocycles. The van der Waals surface area contributed by atoms with Crippen molar-refractivity contribution in [1.29, 1.82) is 0 Å². The van der Waals surface area contributed by atoms with Gasteiger partial charge in [0.1, 0.15) is 18.0 Å². The molecule has 1 fully saturated rings. The summed E-state index contributed by atoms with van der Waals surface area (Å²) in [4.78, 5) is 30.8. The lowest BCUT2D eigenvalue weighted by Gasteiger charge is -2.32. The minimum Gasteiger partial charge on any atom is -0.339 e. The van der Waals surface area contributed by atoms with Crippen molar-refractivity contribution < 1.29 is 4.79 Å². The van der Waals surface area contributed by atoms with Crippen molar-refractivity contribution in [2.75, 3.05) is 18.4 Å². The summed E-state index contributed by atoms with van der Waals surface area (Å²) in [6.45, 7) is 7.09. The van der Waals surface area contributed by atoms with Crippen LogP contribution in [-0.2, 0) is 11.2 Å². The highest BCUT2D eigenvalue weighted by molar-refractivity contribution is 5.92. The lowest BCUT2D eigenvalue weighted by atomic mass is 9.93. The molecule has 7 heteroatoms. The molecule has 0 saturated carbocycles. The third kappa shape index (κ3) is 4.59. The van der Waals surface area contributed by atoms with Crippen molar-refractivity contribution in [3.8, 4) is 0 Å². The molecule has 0 radical (unpaired) electrons. The van der Waals surface area contributed by atoms with Crippen LogP contribution < -0.4 is 5.32 Å². The van der Waals surface area contributed by atoms with Crippen LogP contribution in [0, 0.1) is 5.92 Å². The van der Waals surface area contributed by atoms with E-state index in [1.165, 1.54) is 0 Å². The van der Waals surface area contributed by atoms with Crippen LogP contribution in [0.4, 0.5) is 11.6 Å². The third-order valence-electron chi connectivity index (χ3n) is 4.21. The molecule has 1 atom stereocenters. The van der Waals surface area contributed by atoms with E-state index in [1.54, 1.807) is 31.8 Å².